The predicted molar refractivity (Wildman–Crippen MR) is 50.3 cm³/mol. The molecule has 0 aliphatic carbocycles. The molecule has 58 valence electrons. The van der Waals surface area contributed by atoms with E-state index >= 15 is 0 Å². The van der Waals surface area contributed by atoms with Gasteiger partial charge in [-0.3, -0.25) is 0 Å². The molecule has 0 radical (unpaired) electrons. The monoisotopic (exact) mass is 213 g/mol. The van der Waals surface area contributed by atoms with Crippen molar-refractivity contribution in [3.8, 4) is 0 Å². The molecule has 0 spiro atoms. The third kappa shape index (κ3) is 1.50. The Morgan fingerprint density at radius 1 is 1.18 bits per heavy atom. The Labute approximate surface area is 72.5 Å². The maximum atomic E-state index is 2.47. The Bertz CT molecular complexity index is 255. The molecule has 2 rings (SSSR count). The second kappa shape index (κ2) is 3.00. The van der Waals surface area contributed by atoms with Crippen LogP contribution >= 0.6 is 0 Å². The third-order valence-corrected chi connectivity index (χ3v) is 5.82. The average Bonchev–Trinajstić information content (AvgIpc) is 2.04. The second-order valence-corrected chi connectivity index (χ2v) is 7.89. The molecule has 1 heteroatoms. The van der Waals surface area contributed by atoms with E-state index in [9.17, 15) is 0 Å². The van der Waals surface area contributed by atoms with E-state index in [-0.39, 0.29) is 13.9 Å². The molecule has 0 N–H and O–H groups in total. The van der Waals surface area contributed by atoms with Crippen molar-refractivity contribution in [1.82, 2.24) is 0 Å². The van der Waals surface area contributed by atoms with Crippen LogP contribution in [-0.2, 0) is 11.7 Å². The van der Waals surface area contributed by atoms with Crippen LogP contribution in [0.4, 0.5) is 0 Å². The van der Waals surface area contributed by atoms with E-state index in [0.717, 1.165) is 0 Å². The van der Waals surface area contributed by atoms with Crippen LogP contribution in [0.5, 0.6) is 0 Å². The molecule has 1 atom stereocenters. The van der Waals surface area contributed by atoms with Crippen LogP contribution in [0.2, 0.25) is 11.1 Å². The first-order valence-electron chi connectivity index (χ1n) is 4.02. The fourth-order valence-electron chi connectivity index (χ4n) is 1.56. The van der Waals surface area contributed by atoms with Crippen LogP contribution in [0.25, 0.3) is 0 Å². The van der Waals surface area contributed by atoms with Gasteiger partial charge in [0, 0.05) is 0 Å². The van der Waals surface area contributed by atoms with Crippen LogP contribution in [0.15, 0.2) is 24.3 Å². The average molecular weight is 212 g/mol. The molecule has 0 amide bonds. The van der Waals surface area contributed by atoms with Crippen molar-refractivity contribution in [2.45, 2.75) is 22.9 Å². The van der Waals surface area contributed by atoms with Gasteiger partial charge in [0.1, 0.15) is 0 Å². The minimum absolute atomic E-state index is 0.209. The van der Waals surface area contributed by atoms with Crippen molar-refractivity contribution in [3.05, 3.63) is 35.4 Å². The molecule has 1 aromatic rings. The molecule has 0 bridgehead atoms. The van der Waals surface area contributed by atoms with Crippen molar-refractivity contribution in [2.24, 2.45) is 0 Å². The summed E-state index contributed by atoms with van der Waals surface area (Å²) < 4.78 is 0. The molecular formula is C10H13Se+. The Kier molecular flexibility index (Phi) is 2.02. The summed E-state index contributed by atoms with van der Waals surface area (Å²) in [7, 11) is 0. The molecule has 1 unspecified atom stereocenters. The van der Waals surface area contributed by atoms with Gasteiger partial charge in [-0.1, -0.05) is 0 Å². The summed E-state index contributed by atoms with van der Waals surface area (Å²) in [4.78, 5) is 0. The third-order valence-electron chi connectivity index (χ3n) is 2.24. The van der Waals surface area contributed by atoms with Crippen molar-refractivity contribution < 1.29 is 0 Å². The maximum absolute atomic E-state index is 2.47. The summed E-state index contributed by atoms with van der Waals surface area (Å²) in [6.45, 7) is 0. The first kappa shape index (κ1) is 7.39. The van der Waals surface area contributed by atoms with Gasteiger partial charge in [-0.15, -0.1) is 0 Å². The standard InChI is InChI=1S/C10H13Se/c1-11-7-6-9-4-2-3-5-10(9)8-11/h2-5H,6-8H2,1H3/q+1. The van der Waals surface area contributed by atoms with Gasteiger partial charge < -0.3 is 0 Å². The fourth-order valence-corrected chi connectivity index (χ4v) is 4.76. The minimum atomic E-state index is -0.209. The molecule has 0 nitrogen and oxygen atoms in total. The molecule has 0 saturated heterocycles. The molecule has 1 aliphatic rings. The van der Waals surface area contributed by atoms with E-state index in [0.29, 0.717) is 0 Å². The number of benzene rings is 1. The number of fused-ring (bicyclic) bond motifs is 1. The number of aryl methyl sites for hydroxylation is 1. The van der Waals surface area contributed by atoms with Crippen molar-refractivity contribution >= 4 is 13.9 Å². The molecular weight excluding hydrogens is 199 g/mol. The summed E-state index contributed by atoms with van der Waals surface area (Å²) >= 11 is -0.209. The molecule has 0 aromatic heterocycles. The fraction of sp³-hybridized carbons (Fsp3) is 0.400. The second-order valence-electron chi connectivity index (χ2n) is 3.15. The van der Waals surface area contributed by atoms with Gasteiger partial charge in [-0.25, -0.2) is 0 Å². The summed E-state index contributed by atoms with van der Waals surface area (Å²) in [5.74, 6) is 2.47. The Morgan fingerprint density at radius 2 is 1.91 bits per heavy atom. The van der Waals surface area contributed by atoms with E-state index in [1.54, 1.807) is 11.1 Å². The van der Waals surface area contributed by atoms with Crippen LogP contribution in [-0.4, -0.2) is 13.9 Å². The zero-order valence-electron chi connectivity index (χ0n) is 6.84. The molecule has 1 aliphatic heterocycles. The quantitative estimate of drug-likeness (QED) is 0.579. The van der Waals surface area contributed by atoms with Crippen molar-refractivity contribution in [1.29, 1.82) is 0 Å². The van der Waals surface area contributed by atoms with Crippen LogP contribution in [0.3, 0.4) is 0 Å². The Balaban J connectivity index is 2.34. The summed E-state index contributed by atoms with van der Waals surface area (Å²) in [5, 5.41) is 2.91. The first-order valence-corrected chi connectivity index (χ1v) is 8.16. The van der Waals surface area contributed by atoms with Gasteiger partial charge in [0.15, 0.2) is 0 Å². The SMILES string of the molecule is C[Se+]1CCc2ccccc2C1. The molecule has 1 aromatic carbocycles. The van der Waals surface area contributed by atoms with Crippen LogP contribution < -0.4 is 0 Å². The normalized spacial score (nSPS) is 22.8. The van der Waals surface area contributed by atoms with E-state index in [4.69, 9.17) is 0 Å². The number of hydrogen-bond donors (Lipinski definition) is 0. The van der Waals surface area contributed by atoms with E-state index in [2.05, 4.69) is 30.1 Å². The Morgan fingerprint density at radius 3 is 2.73 bits per heavy atom. The number of rotatable bonds is 0. The Hall–Kier alpha value is -0.261. The molecule has 0 fully saturated rings. The van der Waals surface area contributed by atoms with Gasteiger partial charge in [0.05, 0.1) is 0 Å². The zero-order valence-corrected chi connectivity index (χ0v) is 8.55. The molecule has 1 heterocycles. The molecule has 0 saturated carbocycles. The van der Waals surface area contributed by atoms with Gasteiger partial charge in [-0.05, 0) is 0 Å². The number of hydrogen-bond acceptors (Lipinski definition) is 0. The van der Waals surface area contributed by atoms with Gasteiger partial charge in [-0.2, -0.15) is 0 Å². The summed E-state index contributed by atoms with van der Waals surface area (Å²) in [5.41, 5.74) is 3.24. The zero-order chi connectivity index (χ0) is 7.68. The van der Waals surface area contributed by atoms with Crippen LogP contribution in [0, 0.1) is 0 Å². The van der Waals surface area contributed by atoms with Crippen molar-refractivity contribution in [3.63, 3.8) is 0 Å². The predicted octanol–water partition coefficient (Wildman–Crippen LogP) is 2.45. The van der Waals surface area contributed by atoms with E-state index < -0.39 is 0 Å². The van der Waals surface area contributed by atoms with Gasteiger partial charge in [0.2, 0.25) is 0 Å². The van der Waals surface area contributed by atoms with Gasteiger partial charge in [0.25, 0.3) is 0 Å². The topological polar surface area (TPSA) is 0 Å². The van der Waals surface area contributed by atoms with E-state index in [1.807, 2.05) is 0 Å². The molecule has 11 heavy (non-hydrogen) atoms. The van der Waals surface area contributed by atoms with Gasteiger partial charge >= 0.3 is 72.2 Å². The first-order chi connectivity index (χ1) is 5.36. The van der Waals surface area contributed by atoms with Crippen molar-refractivity contribution in [2.75, 3.05) is 0 Å². The van der Waals surface area contributed by atoms with E-state index in [1.165, 1.54) is 17.1 Å². The summed E-state index contributed by atoms with van der Waals surface area (Å²) in [6, 6.07) is 8.92. The van der Waals surface area contributed by atoms with Crippen LogP contribution in [0.1, 0.15) is 11.1 Å². The summed E-state index contributed by atoms with van der Waals surface area (Å²) in [6.07, 6.45) is 1.34.